The van der Waals surface area contributed by atoms with Crippen molar-refractivity contribution in [3.63, 3.8) is 0 Å². The van der Waals surface area contributed by atoms with Crippen molar-refractivity contribution in [3.05, 3.63) is 140 Å². The van der Waals surface area contributed by atoms with Crippen molar-refractivity contribution in [2.45, 2.75) is 126 Å². The number of nitrogens with one attached hydrogen (secondary N) is 1. The highest BCUT2D eigenvalue weighted by Gasteiger charge is 2.58. The fraction of sp³-hybridized carbons (Fsp3) is 0.426. The first-order valence-corrected chi connectivity index (χ1v) is 21.3. The van der Waals surface area contributed by atoms with Crippen LogP contribution in [0.5, 0.6) is 0 Å². The van der Waals surface area contributed by atoms with E-state index in [2.05, 4.69) is 97.8 Å². The van der Waals surface area contributed by atoms with Gasteiger partial charge in [-0.2, -0.15) is 0 Å². The van der Waals surface area contributed by atoms with Crippen LogP contribution < -0.4 is 5.32 Å². The summed E-state index contributed by atoms with van der Waals surface area (Å²) in [6, 6.07) is 36.9. The zero-order valence-electron chi connectivity index (χ0n) is 32.2. The minimum atomic E-state index is -0.586. The second-order valence-corrected chi connectivity index (χ2v) is 19.1. The topological polar surface area (TPSA) is 75.7 Å². The third-order valence-electron chi connectivity index (χ3n) is 12.8. The van der Waals surface area contributed by atoms with Gasteiger partial charge in [0.15, 0.2) is 0 Å². The Kier molecular flexibility index (Phi) is 11.3. The molecule has 0 aromatic heterocycles. The van der Waals surface area contributed by atoms with Gasteiger partial charge in [0.1, 0.15) is 17.2 Å². The molecule has 6 nitrogen and oxygen atoms in total. The minimum Gasteiger partial charge on any atom is -0.444 e. The Bertz CT molecular complexity index is 1970. The van der Waals surface area contributed by atoms with Gasteiger partial charge in [-0.25, -0.2) is 4.79 Å². The molecule has 0 heterocycles. The molecule has 10 rings (SSSR count). The summed E-state index contributed by atoms with van der Waals surface area (Å²) in [4.78, 5) is 41.7. The molecule has 55 heavy (non-hydrogen) atoms. The van der Waals surface area contributed by atoms with Gasteiger partial charge in [-0.1, -0.05) is 117 Å². The van der Waals surface area contributed by atoms with Crippen LogP contribution >= 0.6 is 31.9 Å². The summed E-state index contributed by atoms with van der Waals surface area (Å²) >= 11 is 6.98. The fourth-order valence-corrected chi connectivity index (χ4v) is 10.1. The maximum Gasteiger partial charge on any atom is 0.411 e. The van der Waals surface area contributed by atoms with E-state index in [-0.39, 0.29) is 22.8 Å². The smallest absolute Gasteiger partial charge is 0.411 e. The maximum atomic E-state index is 13.5. The van der Waals surface area contributed by atoms with Gasteiger partial charge in [0.2, 0.25) is 0 Å². The number of carbonyl (C=O) groups is 3. The third kappa shape index (κ3) is 8.29. The normalized spacial score (nSPS) is 26.9. The standard InChI is InChI=1S/C26H30BrNO3.C21H22BrNO/c1-24(2,3)31-23(30)28(18-19-7-5-4-6-8-19)25-13-15-26(16-14-25,22(29)17-25)20-9-11-21(27)12-10-20;22-18-8-6-17(7-9-18)21-12-10-20(11-13-21,14-19(21)24)23-15-16-4-2-1-3-5-16/h4-12H,13-18H2,1-3H3;1-9,23H,10-15H2. The summed E-state index contributed by atoms with van der Waals surface area (Å²) in [5, 5.41) is 3.72. The van der Waals surface area contributed by atoms with E-state index in [4.69, 9.17) is 4.74 Å². The van der Waals surface area contributed by atoms with E-state index in [0.29, 0.717) is 25.2 Å². The summed E-state index contributed by atoms with van der Waals surface area (Å²) in [7, 11) is 0. The Balaban J connectivity index is 0.000000174. The predicted molar refractivity (Wildman–Crippen MR) is 225 cm³/mol. The molecule has 1 amide bonds. The van der Waals surface area contributed by atoms with Crippen molar-refractivity contribution in [1.82, 2.24) is 10.2 Å². The highest BCUT2D eigenvalue weighted by molar-refractivity contribution is 9.10. The van der Waals surface area contributed by atoms with Crippen LogP contribution in [-0.2, 0) is 38.2 Å². The van der Waals surface area contributed by atoms with Crippen LogP contribution in [0.25, 0.3) is 0 Å². The lowest BCUT2D eigenvalue weighted by Crippen LogP contribution is -2.63. The predicted octanol–water partition coefficient (Wildman–Crippen LogP) is 11.2. The van der Waals surface area contributed by atoms with Crippen molar-refractivity contribution in [1.29, 1.82) is 0 Å². The number of benzene rings is 4. The van der Waals surface area contributed by atoms with Crippen LogP contribution in [0.3, 0.4) is 0 Å². The second kappa shape index (κ2) is 15.7. The van der Waals surface area contributed by atoms with Gasteiger partial charge >= 0.3 is 6.09 Å². The highest BCUT2D eigenvalue weighted by atomic mass is 79.9. The minimum absolute atomic E-state index is 0.00401. The van der Waals surface area contributed by atoms with Gasteiger partial charge in [0.25, 0.3) is 0 Å². The Morgan fingerprint density at radius 3 is 1.55 bits per heavy atom. The van der Waals surface area contributed by atoms with E-state index in [1.165, 1.54) is 11.1 Å². The van der Waals surface area contributed by atoms with E-state index in [9.17, 15) is 14.4 Å². The molecule has 4 bridgehead atoms. The van der Waals surface area contributed by atoms with Gasteiger partial charge in [0.05, 0.1) is 16.4 Å². The Hall–Kier alpha value is -3.59. The molecule has 6 aliphatic carbocycles. The number of carbonyl (C=O) groups excluding carboxylic acids is 3. The number of fused-ring (bicyclic) bond motifs is 6. The lowest BCUT2D eigenvalue weighted by Gasteiger charge is -2.56. The van der Waals surface area contributed by atoms with E-state index < -0.39 is 16.6 Å². The largest absolute Gasteiger partial charge is 0.444 e. The first kappa shape index (κ1) is 39.6. The number of nitrogens with zero attached hydrogens (tertiary/aromatic N) is 1. The molecule has 4 aromatic carbocycles. The maximum absolute atomic E-state index is 13.5. The van der Waals surface area contributed by atoms with Crippen LogP contribution in [0.2, 0.25) is 0 Å². The molecule has 288 valence electrons. The van der Waals surface area contributed by atoms with Crippen molar-refractivity contribution in [2.75, 3.05) is 0 Å². The molecule has 4 aromatic rings. The summed E-state index contributed by atoms with van der Waals surface area (Å²) in [6.45, 7) is 6.95. The first-order valence-electron chi connectivity index (χ1n) is 19.7. The number of halogens is 2. The van der Waals surface area contributed by atoms with Gasteiger partial charge in [-0.3, -0.25) is 14.5 Å². The molecule has 0 atom stereocenters. The van der Waals surface area contributed by atoms with E-state index in [0.717, 1.165) is 78.0 Å². The van der Waals surface area contributed by atoms with Crippen molar-refractivity contribution >= 4 is 49.5 Å². The Morgan fingerprint density at radius 1 is 0.636 bits per heavy atom. The molecule has 0 radical (unpaired) electrons. The van der Waals surface area contributed by atoms with Crippen LogP contribution in [0.1, 0.15) is 107 Å². The number of hydrogen-bond donors (Lipinski definition) is 1. The molecule has 0 aliphatic heterocycles. The van der Waals surface area contributed by atoms with Crippen molar-refractivity contribution < 1.29 is 19.1 Å². The second-order valence-electron chi connectivity index (χ2n) is 17.3. The molecule has 0 unspecified atom stereocenters. The van der Waals surface area contributed by atoms with Crippen LogP contribution in [-0.4, -0.2) is 39.2 Å². The quantitative estimate of drug-likeness (QED) is 0.191. The number of ether oxygens (including phenoxy) is 1. The average Bonchev–Trinajstić information content (AvgIpc) is 3.18. The number of amides is 1. The summed E-state index contributed by atoms with van der Waals surface area (Å²) in [6.07, 6.45) is 7.96. The molecule has 6 fully saturated rings. The molecule has 6 saturated carbocycles. The molecule has 1 N–H and O–H groups in total. The SMILES string of the molecule is CC(C)(C)OC(=O)N(Cc1ccccc1)C12CCC(c3ccc(Br)cc3)(CC1)C(=O)C2.O=C1CC2(NCc3ccccc3)CCC1(c1ccc(Br)cc1)CC2. The fourth-order valence-electron chi connectivity index (χ4n) is 9.59. The van der Waals surface area contributed by atoms with Crippen LogP contribution in [0.15, 0.2) is 118 Å². The third-order valence-corrected chi connectivity index (χ3v) is 13.9. The van der Waals surface area contributed by atoms with Gasteiger partial charge in [0, 0.05) is 40.4 Å². The number of ketones is 2. The van der Waals surface area contributed by atoms with Crippen LogP contribution in [0, 0.1) is 0 Å². The lowest BCUT2D eigenvalue weighted by molar-refractivity contribution is -0.139. The molecular formula is C47H52Br2N2O4. The zero-order chi connectivity index (χ0) is 38.9. The summed E-state index contributed by atoms with van der Waals surface area (Å²) in [5.74, 6) is 0.664. The molecule has 0 saturated heterocycles. The van der Waals surface area contributed by atoms with Crippen LogP contribution in [0.4, 0.5) is 4.79 Å². The lowest BCUT2D eigenvalue weighted by atomic mass is 9.54. The number of hydrogen-bond acceptors (Lipinski definition) is 5. The number of rotatable bonds is 8. The van der Waals surface area contributed by atoms with E-state index in [1.54, 1.807) is 0 Å². The Morgan fingerprint density at radius 2 is 1.09 bits per heavy atom. The molecular weight excluding hydrogens is 816 g/mol. The first-order chi connectivity index (χ1) is 26.3. The van der Waals surface area contributed by atoms with Gasteiger partial charge in [-0.05, 0) is 119 Å². The molecule has 8 heteroatoms. The van der Waals surface area contributed by atoms with Gasteiger partial charge in [-0.15, -0.1) is 0 Å². The van der Waals surface area contributed by atoms with E-state index >= 15 is 0 Å². The number of Topliss-reactive ketones (excluding diaryl/α,β-unsaturated/α-hetero) is 2. The molecule has 6 aliphatic rings. The monoisotopic (exact) mass is 866 g/mol. The highest BCUT2D eigenvalue weighted by Crippen LogP contribution is 2.55. The average molecular weight is 869 g/mol. The van der Waals surface area contributed by atoms with Crippen molar-refractivity contribution in [3.8, 4) is 0 Å². The van der Waals surface area contributed by atoms with Gasteiger partial charge < -0.3 is 10.1 Å². The molecule has 0 spiro atoms. The zero-order valence-corrected chi connectivity index (χ0v) is 35.4. The van der Waals surface area contributed by atoms with E-state index in [1.807, 2.05) is 74.2 Å². The summed E-state index contributed by atoms with van der Waals surface area (Å²) in [5.41, 5.74) is 2.91. The Labute approximate surface area is 343 Å². The van der Waals surface area contributed by atoms with Crippen molar-refractivity contribution in [2.24, 2.45) is 0 Å². The summed E-state index contributed by atoms with van der Waals surface area (Å²) < 4.78 is 7.88.